The van der Waals surface area contributed by atoms with Gasteiger partial charge in [-0.05, 0) is 55.0 Å². The number of aliphatic hydroxyl groups is 1. The Morgan fingerprint density at radius 1 is 1.25 bits per heavy atom. The van der Waals surface area contributed by atoms with E-state index in [0.717, 1.165) is 16.8 Å². The molecule has 2 aromatic heterocycles. The molecular formula is C18H16FN3O2. The van der Waals surface area contributed by atoms with Crippen molar-refractivity contribution in [3.8, 4) is 11.3 Å². The number of hydroxylamine groups is 1. The van der Waals surface area contributed by atoms with Gasteiger partial charge in [0.1, 0.15) is 23.3 Å². The quantitative estimate of drug-likeness (QED) is 0.804. The molecule has 3 aromatic rings. The Morgan fingerprint density at radius 2 is 2.04 bits per heavy atom. The molecule has 4 rings (SSSR count). The molecule has 1 N–H and O–H groups in total. The summed E-state index contributed by atoms with van der Waals surface area (Å²) in [4.78, 5) is 10.4. The first kappa shape index (κ1) is 14.9. The van der Waals surface area contributed by atoms with Crippen molar-refractivity contribution in [1.29, 1.82) is 0 Å². The van der Waals surface area contributed by atoms with E-state index in [2.05, 4.69) is 0 Å². The SMILES string of the molecule is Cc1ccn2c(N3C=CC(CO)O3)c(-c3ccc(F)cc3)nc2c1. The molecule has 0 fully saturated rings. The highest BCUT2D eigenvalue weighted by Gasteiger charge is 2.25. The zero-order chi connectivity index (χ0) is 16.7. The normalized spacial score (nSPS) is 17.1. The standard InChI is InChI=1S/C18H16FN3O2/c1-12-6-8-21-16(10-12)20-17(13-2-4-14(19)5-3-13)18(21)22-9-7-15(11-23)24-22/h2-10,15,23H,11H2,1H3. The maximum absolute atomic E-state index is 13.3. The number of nitrogens with zero attached hydrogens (tertiary/aromatic N) is 3. The predicted octanol–water partition coefficient (Wildman–Crippen LogP) is 3.08. The van der Waals surface area contributed by atoms with Crippen molar-refractivity contribution < 1.29 is 14.3 Å². The summed E-state index contributed by atoms with van der Waals surface area (Å²) in [5.74, 6) is 0.418. The van der Waals surface area contributed by atoms with Gasteiger partial charge in [-0.1, -0.05) is 0 Å². The maximum Gasteiger partial charge on any atom is 0.170 e. The fraction of sp³-hybridized carbons (Fsp3) is 0.167. The van der Waals surface area contributed by atoms with Gasteiger partial charge in [0.25, 0.3) is 0 Å². The number of anilines is 1. The molecule has 1 aromatic carbocycles. The molecular weight excluding hydrogens is 309 g/mol. The van der Waals surface area contributed by atoms with Crippen molar-refractivity contribution in [1.82, 2.24) is 9.38 Å². The van der Waals surface area contributed by atoms with Crippen LogP contribution in [0.1, 0.15) is 5.56 Å². The zero-order valence-electron chi connectivity index (χ0n) is 13.1. The van der Waals surface area contributed by atoms with Crippen LogP contribution in [0.2, 0.25) is 0 Å². The van der Waals surface area contributed by atoms with Gasteiger partial charge in [0.15, 0.2) is 5.82 Å². The highest BCUT2D eigenvalue weighted by atomic mass is 19.1. The topological polar surface area (TPSA) is 50.0 Å². The molecule has 0 bridgehead atoms. The van der Waals surface area contributed by atoms with Crippen LogP contribution in [0.5, 0.6) is 0 Å². The number of hydrogen-bond donors (Lipinski definition) is 1. The van der Waals surface area contributed by atoms with E-state index < -0.39 is 0 Å². The van der Waals surface area contributed by atoms with Crippen LogP contribution in [0.25, 0.3) is 16.9 Å². The van der Waals surface area contributed by atoms with Crippen molar-refractivity contribution >= 4 is 11.5 Å². The van der Waals surface area contributed by atoms with E-state index in [1.54, 1.807) is 29.5 Å². The number of hydrogen-bond acceptors (Lipinski definition) is 4. The van der Waals surface area contributed by atoms with Crippen LogP contribution in [0.4, 0.5) is 10.2 Å². The second-order valence-electron chi connectivity index (χ2n) is 5.72. The van der Waals surface area contributed by atoms with Crippen LogP contribution in [0.3, 0.4) is 0 Å². The van der Waals surface area contributed by atoms with E-state index in [1.165, 1.54) is 12.1 Å². The van der Waals surface area contributed by atoms with E-state index in [9.17, 15) is 9.50 Å². The molecule has 122 valence electrons. The summed E-state index contributed by atoms with van der Waals surface area (Å²) >= 11 is 0. The maximum atomic E-state index is 13.3. The number of aliphatic hydroxyl groups excluding tert-OH is 1. The van der Waals surface area contributed by atoms with Crippen LogP contribution in [0, 0.1) is 12.7 Å². The van der Waals surface area contributed by atoms with Gasteiger partial charge in [0.05, 0.1) is 6.61 Å². The molecule has 1 atom stereocenters. The fourth-order valence-corrected chi connectivity index (χ4v) is 2.75. The van der Waals surface area contributed by atoms with Crippen LogP contribution in [0.15, 0.2) is 54.9 Å². The van der Waals surface area contributed by atoms with Crippen LogP contribution in [-0.2, 0) is 4.84 Å². The lowest BCUT2D eigenvalue weighted by atomic mass is 10.1. The fourth-order valence-electron chi connectivity index (χ4n) is 2.75. The summed E-state index contributed by atoms with van der Waals surface area (Å²) in [6.07, 6.45) is 5.07. The molecule has 1 unspecified atom stereocenters. The zero-order valence-corrected chi connectivity index (χ0v) is 13.1. The Morgan fingerprint density at radius 3 is 2.75 bits per heavy atom. The minimum Gasteiger partial charge on any atom is -0.393 e. The first-order valence-electron chi connectivity index (χ1n) is 7.65. The van der Waals surface area contributed by atoms with E-state index in [1.807, 2.05) is 29.7 Å². The summed E-state index contributed by atoms with van der Waals surface area (Å²) in [5, 5.41) is 10.9. The van der Waals surface area contributed by atoms with E-state index >= 15 is 0 Å². The summed E-state index contributed by atoms with van der Waals surface area (Å²) in [7, 11) is 0. The lowest BCUT2D eigenvalue weighted by Crippen LogP contribution is -2.21. The Labute approximate surface area is 138 Å². The number of fused-ring (bicyclic) bond motifs is 1. The molecule has 5 nitrogen and oxygen atoms in total. The number of halogens is 1. The number of aromatic nitrogens is 2. The number of aryl methyl sites for hydroxylation is 1. The second kappa shape index (κ2) is 5.74. The van der Waals surface area contributed by atoms with Gasteiger partial charge in [-0.3, -0.25) is 9.24 Å². The molecule has 0 spiro atoms. The van der Waals surface area contributed by atoms with Gasteiger partial charge in [-0.2, -0.15) is 0 Å². The average Bonchev–Trinajstić information content (AvgIpc) is 3.18. The minimum atomic E-state index is -0.387. The Kier molecular flexibility index (Phi) is 3.55. The number of imidazole rings is 1. The molecule has 0 radical (unpaired) electrons. The first-order chi connectivity index (χ1) is 11.7. The number of rotatable bonds is 3. The van der Waals surface area contributed by atoms with Crippen LogP contribution >= 0.6 is 0 Å². The third-order valence-electron chi connectivity index (χ3n) is 3.95. The molecule has 3 heterocycles. The second-order valence-corrected chi connectivity index (χ2v) is 5.72. The van der Waals surface area contributed by atoms with Crippen molar-refractivity contribution in [3.63, 3.8) is 0 Å². The Hall–Kier alpha value is -2.70. The van der Waals surface area contributed by atoms with Gasteiger partial charge < -0.3 is 5.11 Å². The highest BCUT2D eigenvalue weighted by Crippen LogP contribution is 2.34. The molecule has 24 heavy (non-hydrogen) atoms. The minimum absolute atomic E-state index is 0.102. The lowest BCUT2D eigenvalue weighted by molar-refractivity contribution is 0.0555. The molecule has 1 aliphatic heterocycles. The molecule has 0 aliphatic carbocycles. The lowest BCUT2D eigenvalue weighted by Gasteiger charge is -2.18. The molecule has 0 amide bonds. The highest BCUT2D eigenvalue weighted by molar-refractivity contribution is 5.77. The van der Waals surface area contributed by atoms with Gasteiger partial charge in [0.2, 0.25) is 0 Å². The largest absolute Gasteiger partial charge is 0.393 e. The van der Waals surface area contributed by atoms with Crippen molar-refractivity contribution in [3.05, 3.63) is 66.3 Å². The molecule has 0 saturated carbocycles. The Bertz CT molecular complexity index is 918. The van der Waals surface area contributed by atoms with E-state index in [-0.39, 0.29) is 18.5 Å². The number of benzene rings is 1. The van der Waals surface area contributed by atoms with Gasteiger partial charge >= 0.3 is 0 Å². The third kappa shape index (κ3) is 2.46. The van der Waals surface area contributed by atoms with Crippen molar-refractivity contribution in [2.75, 3.05) is 11.7 Å². The van der Waals surface area contributed by atoms with E-state index in [0.29, 0.717) is 11.5 Å². The van der Waals surface area contributed by atoms with Crippen molar-refractivity contribution in [2.45, 2.75) is 13.0 Å². The third-order valence-corrected chi connectivity index (χ3v) is 3.95. The summed E-state index contributed by atoms with van der Waals surface area (Å²) < 4.78 is 15.2. The van der Waals surface area contributed by atoms with Crippen LogP contribution < -0.4 is 5.06 Å². The van der Waals surface area contributed by atoms with Crippen molar-refractivity contribution in [2.24, 2.45) is 0 Å². The molecule has 1 aliphatic rings. The average molecular weight is 325 g/mol. The summed E-state index contributed by atoms with van der Waals surface area (Å²) in [6, 6.07) is 10.2. The molecule has 0 saturated heterocycles. The summed E-state index contributed by atoms with van der Waals surface area (Å²) in [5.41, 5.74) is 3.34. The van der Waals surface area contributed by atoms with Gasteiger partial charge in [-0.25, -0.2) is 14.4 Å². The summed E-state index contributed by atoms with van der Waals surface area (Å²) in [6.45, 7) is 1.90. The monoisotopic (exact) mass is 325 g/mol. The smallest absolute Gasteiger partial charge is 0.170 e. The first-order valence-corrected chi connectivity index (χ1v) is 7.65. The predicted molar refractivity (Wildman–Crippen MR) is 88.9 cm³/mol. The Balaban J connectivity index is 1.90. The van der Waals surface area contributed by atoms with Gasteiger partial charge in [0, 0.05) is 18.0 Å². The molecule has 6 heteroatoms. The van der Waals surface area contributed by atoms with Gasteiger partial charge in [-0.15, -0.1) is 0 Å². The van der Waals surface area contributed by atoms with E-state index in [4.69, 9.17) is 9.82 Å². The van der Waals surface area contributed by atoms with Crippen LogP contribution in [-0.4, -0.2) is 27.2 Å². The number of pyridine rings is 1.